The Balaban J connectivity index is -0.000000530. The smallest absolute Gasteiger partial charge is 0.123 e. The number of allylic oxidation sites excluding steroid dienone is 1. The molecule has 246 valence electrons. The molecule has 0 saturated carbocycles. The van der Waals surface area contributed by atoms with Crippen molar-refractivity contribution in [3.05, 3.63) is 5.57 Å². The van der Waals surface area contributed by atoms with Crippen LogP contribution in [-0.2, 0) is 4.79 Å². The van der Waals surface area contributed by atoms with Crippen molar-refractivity contribution in [2.24, 2.45) is 0 Å². The third kappa shape index (κ3) is 39.4. The van der Waals surface area contributed by atoms with Gasteiger partial charge in [0.25, 0.3) is 0 Å². The van der Waals surface area contributed by atoms with Crippen LogP contribution in [0.4, 0.5) is 0 Å². The van der Waals surface area contributed by atoms with Gasteiger partial charge in [0.15, 0.2) is 0 Å². The molecule has 5 nitrogen and oxygen atoms in total. The van der Waals surface area contributed by atoms with Crippen molar-refractivity contribution in [2.45, 2.75) is 177 Å². The lowest BCUT2D eigenvalue weighted by Crippen LogP contribution is -3.12. The molecule has 0 rings (SSSR count). The second-order valence-corrected chi connectivity index (χ2v) is 12.0. The monoisotopic (exact) mass is 583 g/mol. The van der Waals surface area contributed by atoms with Gasteiger partial charge in [-0.25, -0.2) is 4.79 Å². The number of carbonyl (C=O) groups excluding carboxylic acids is 1. The summed E-state index contributed by atoms with van der Waals surface area (Å²) in [7, 11) is -1.69. The fourth-order valence-electron chi connectivity index (χ4n) is 4.75. The van der Waals surface area contributed by atoms with Crippen LogP contribution in [0.25, 0.3) is 0 Å². The van der Waals surface area contributed by atoms with Crippen LogP contribution in [0, 0.1) is 0 Å². The zero-order valence-electron chi connectivity index (χ0n) is 29.2. The van der Waals surface area contributed by atoms with E-state index in [2.05, 4.69) is 48.5 Å². The summed E-state index contributed by atoms with van der Waals surface area (Å²) in [6, 6.07) is 0. The van der Waals surface area contributed by atoms with E-state index in [9.17, 15) is 14.8 Å². The van der Waals surface area contributed by atoms with Gasteiger partial charge in [0.1, 0.15) is 5.94 Å². The maximum atomic E-state index is 10.5. The van der Waals surface area contributed by atoms with E-state index in [1.54, 1.807) is 0 Å². The number of unbranched alkanes of at least 4 members (excludes halogenated alkanes) is 9. The number of hydrogen-bond acceptors (Lipinski definition) is 3. The summed E-state index contributed by atoms with van der Waals surface area (Å²) >= 11 is 0. The van der Waals surface area contributed by atoms with E-state index in [4.69, 9.17) is 0 Å². The maximum absolute atomic E-state index is 10.5. The van der Waals surface area contributed by atoms with Gasteiger partial charge in [-0.1, -0.05) is 106 Å². The van der Waals surface area contributed by atoms with Crippen LogP contribution in [0.1, 0.15) is 170 Å². The zero-order chi connectivity index (χ0) is 31.4. The van der Waals surface area contributed by atoms with Crippen molar-refractivity contribution in [3.63, 3.8) is 0 Å². The summed E-state index contributed by atoms with van der Waals surface area (Å²) in [5.41, 5.74) is 0.845. The molecule has 0 amide bonds. The van der Waals surface area contributed by atoms with Gasteiger partial charge in [-0.05, 0) is 64.2 Å². The highest BCUT2D eigenvalue weighted by molar-refractivity contribution is 6.36. The van der Waals surface area contributed by atoms with Crippen LogP contribution in [-0.4, -0.2) is 52.3 Å². The molecule has 0 atom stereocenters. The Morgan fingerprint density at radius 2 is 0.805 bits per heavy atom. The van der Waals surface area contributed by atoms with Crippen LogP contribution in [0.15, 0.2) is 5.57 Å². The lowest BCUT2D eigenvalue weighted by molar-refractivity contribution is -0.900. The van der Waals surface area contributed by atoms with Crippen molar-refractivity contribution in [1.82, 2.24) is 0 Å². The minimum atomic E-state index is -1.69. The molecule has 0 aliphatic heterocycles. The minimum Gasteiger partial charge on any atom is -0.893 e. The molecule has 0 saturated heterocycles. The predicted molar refractivity (Wildman–Crippen MR) is 178 cm³/mol. The van der Waals surface area contributed by atoms with E-state index in [1.807, 2.05) is 15.7 Å². The number of rotatable bonds is 27. The molecular weight excluding hydrogens is 507 g/mol. The average molecular weight is 583 g/mol. The van der Waals surface area contributed by atoms with Crippen molar-refractivity contribution in [1.29, 1.82) is 0 Å². The molecule has 0 aromatic carbocycles. The third-order valence-electron chi connectivity index (χ3n) is 7.70. The van der Waals surface area contributed by atoms with Gasteiger partial charge in [0.05, 0.1) is 39.3 Å². The summed E-state index contributed by atoms with van der Waals surface area (Å²) in [5.74, 6) is 1.98. The molecule has 41 heavy (non-hydrogen) atoms. The highest BCUT2D eigenvalue weighted by Gasteiger charge is 2.06. The first-order chi connectivity index (χ1) is 19.9. The van der Waals surface area contributed by atoms with E-state index >= 15 is 0 Å². The van der Waals surface area contributed by atoms with Crippen LogP contribution < -0.4 is 19.8 Å². The Kier molecular flexibility index (Phi) is 43.0. The van der Waals surface area contributed by atoms with E-state index < -0.39 is 7.12 Å². The molecule has 0 unspecified atom stereocenters. The highest BCUT2D eigenvalue weighted by atomic mass is 16.4. The average Bonchev–Trinajstić information content (AvgIpc) is 2.98. The van der Waals surface area contributed by atoms with Gasteiger partial charge in [-0.2, -0.15) is 0 Å². The van der Waals surface area contributed by atoms with Crippen LogP contribution in [0.2, 0.25) is 6.32 Å². The fraction of sp³-hybridized carbons (Fsp3) is 0.943. The molecule has 6 heteroatoms. The lowest BCUT2D eigenvalue weighted by atomic mass is 9.83. The third-order valence-corrected chi connectivity index (χ3v) is 7.70. The largest absolute Gasteiger partial charge is 0.893 e. The summed E-state index contributed by atoms with van der Waals surface area (Å²) in [6.07, 6.45) is 22.9. The molecule has 2 N–H and O–H groups in total. The molecule has 0 aromatic heterocycles. The van der Waals surface area contributed by atoms with Gasteiger partial charge in [0.2, 0.25) is 0 Å². The van der Waals surface area contributed by atoms with Crippen LogP contribution >= 0.6 is 0 Å². The Morgan fingerprint density at radius 3 is 1.07 bits per heavy atom. The molecule has 0 heterocycles. The summed E-state index contributed by atoms with van der Waals surface area (Å²) in [6.45, 7) is 24.2. The molecular formula is C35H75BN2O3. The SMILES string of the molecule is CCCCC(=C=O)CCCCCB([O-])[O-].CCCC[NH+](CCCC)CCCC.CCCC[NH+](CCCC)CCCC. The molecule has 0 aromatic rings. The second-order valence-electron chi connectivity index (χ2n) is 12.0. The van der Waals surface area contributed by atoms with Crippen LogP contribution in [0.5, 0.6) is 0 Å². The van der Waals surface area contributed by atoms with Crippen molar-refractivity contribution >= 4 is 13.1 Å². The topological polar surface area (TPSA) is 72.1 Å². The first kappa shape index (κ1) is 44.8. The Bertz CT molecular complexity index is 466. The van der Waals surface area contributed by atoms with Crippen molar-refractivity contribution < 1.29 is 24.6 Å². The van der Waals surface area contributed by atoms with Gasteiger partial charge in [-0.3, -0.25) is 0 Å². The van der Waals surface area contributed by atoms with Gasteiger partial charge < -0.3 is 19.8 Å². The van der Waals surface area contributed by atoms with E-state index in [0.717, 1.165) is 44.1 Å². The Hall–Kier alpha value is -0.645. The Morgan fingerprint density at radius 1 is 0.488 bits per heavy atom. The molecule has 0 bridgehead atoms. The predicted octanol–water partition coefficient (Wildman–Crippen LogP) is 5.25. The summed E-state index contributed by atoms with van der Waals surface area (Å²) < 4.78 is 0. The summed E-state index contributed by atoms with van der Waals surface area (Å²) in [4.78, 5) is 14.2. The van der Waals surface area contributed by atoms with Gasteiger partial charge in [-0.15, -0.1) is 13.4 Å². The quantitative estimate of drug-likeness (QED) is 0.0790. The molecule has 0 radical (unpaired) electrons. The first-order valence-corrected chi connectivity index (χ1v) is 18.1. The van der Waals surface area contributed by atoms with Crippen LogP contribution in [0.3, 0.4) is 0 Å². The second kappa shape index (κ2) is 39.4. The van der Waals surface area contributed by atoms with Crippen molar-refractivity contribution in [2.75, 3.05) is 39.3 Å². The van der Waals surface area contributed by atoms with E-state index in [0.29, 0.717) is 6.42 Å². The standard InChI is InChI=1S/2C12H27N.C11H19BO3/c2*1-4-7-10-13(11-8-5-2)12-9-6-3;1-2-3-7-11(10-13)8-5-4-6-9-12(14)15/h2*4-12H2,1-3H3;2-9H2,1H3/q;;-2/p+2. The lowest BCUT2D eigenvalue weighted by Gasteiger charge is -2.25. The maximum Gasteiger partial charge on any atom is 0.123 e. The molecule has 0 spiro atoms. The Labute approximate surface area is 259 Å². The molecule has 0 aliphatic rings. The van der Waals surface area contributed by atoms with E-state index in [-0.39, 0.29) is 6.32 Å². The fourth-order valence-corrected chi connectivity index (χ4v) is 4.75. The van der Waals surface area contributed by atoms with E-state index in [1.165, 1.54) is 116 Å². The number of hydrogen-bond donors (Lipinski definition) is 2. The van der Waals surface area contributed by atoms with Gasteiger partial charge in [0, 0.05) is 5.57 Å². The van der Waals surface area contributed by atoms with Crippen molar-refractivity contribution in [3.8, 4) is 0 Å². The van der Waals surface area contributed by atoms with Gasteiger partial charge >= 0.3 is 0 Å². The first-order valence-electron chi connectivity index (χ1n) is 18.1. The minimum absolute atomic E-state index is 0.203. The molecule has 0 aliphatic carbocycles. The summed E-state index contributed by atoms with van der Waals surface area (Å²) in [5, 5.41) is 20.4. The molecule has 0 fully saturated rings. The normalized spacial score (nSPS) is 10.6. The zero-order valence-corrected chi connectivity index (χ0v) is 29.2. The number of quaternary nitrogens is 2. The number of nitrogens with one attached hydrogen (secondary N) is 2. The highest BCUT2D eigenvalue weighted by Crippen LogP contribution is 2.13.